The van der Waals surface area contributed by atoms with Crippen LogP contribution in [0.15, 0.2) is 48.8 Å². The van der Waals surface area contributed by atoms with Gasteiger partial charge in [0.25, 0.3) is 0 Å². The highest BCUT2D eigenvalue weighted by Gasteiger charge is 2.14. The third kappa shape index (κ3) is 3.50. The molecule has 0 saturated heterocycles. The minimum Gasteiger partial charge on any atom is -0.294 e. The first kappa shape index (κ1) is 13.5. The van der Waals surface area contributed by atoms with Crippen molar-refractivity contribution in [3.8, 4) is 0 Å². The van der Waals surface area contributed by atoms with Crippen LogP contribution < -0.4 is 0 Å². The molecule has 0 aliphatic heterocycles. The van der Waals surface area contributed by atoms with Gasteiger partial charge in [0.1, 0.15) is 0 Å². The maximum atomic E-state index is 12.1. The predicted molar refractivity (Wildman–Crippen MR) is 77.4 cm³/mol. The molecule has 1 aromatic carbocycles. The van der Waals surface area contributed by atoms with Crippen LogP contribution in [0, 0.1) is 0 Å². The highest BCUT2D eigenvalue weighted by molar-refractivity contribution is 5.97. The van der Waals surface area contributed by atoms with E-state index in [1.165, 1.54) is 5.56 Å². The molecular weight excluding hydrogens is 234 g/mol. The first-order valence-electron chi connectivity index (χ1n) is 6.49. The summed E-state index contributed by atoms with van der Waals surface area (Å²) in [6.45, 7) is 6.50. The van der Waals surface area contributed by atoms with Gasteiger partial charge >= 0.3 is 0 Å². The molecule has 2 aromatic rings. The molecule has 98 valence electrons. The molecule has 0 atom stereocenters. The summed E-state index contributed by atoms with van der Waals surface area (Å²) in [6, 6.07) is 11.7. The number of aromatic nitrogens is 1. The van der Waals surface area contributed by atoms with Crippen LogP contribution in [0.5, 0.6) is 0 Å². The van der Waals surface area contributed by atoms with E-state index in [4.69, 9.17) is 0 Å². The molecule has 1 heterocycles. The fraction of sp³-hybridized carbons (Fsp3) is 0.294. The zero-order valence-corrected chi connectivity index (χ0v) is 11.7. The zero-order chi connectivity index (χ0) is 13.9. The molecule has 2 heteroatoms. The van der Waals surface area contributed by atoms with Gasteiger partial charge in [-0.15, -0.1) is 0 Å². The first-order chi connectivity index (χ1) is 8.97. The summed E-state index contributed by atoms with van der Waals surface area (Å²) >= 11 is 0. The largest absolute Gasteiger partial charge is 0.294 e. The summed E-state index contributed by atoms with van der Waals surface area (Å²) in [6.07, 6.45) is 3.86. The fourth-order valence-electron chi connectivity index (χ4n) is 1.95. The lowest BCUT2D eigenvalue weighted by atomic mass is 9.86. The van der Waals surface area contributed by atoms with Crippen LogP contribution in [0.3, 0.4) is 0 Å². The van der Waals surface area contributed by atoms with Gasteiger partial charge in [0.2, 0.25) is 0 Å². The van der Waals surface area contributed by atoms with Crippen LogP contribution in [0.1, 0.15) is 42.3 Å². The minimum atomic E-state index is 0.116. The van der Waals surface area contributed by atoms with Crippen molar-refractivity contribution >= 4 is 5.78 Å². The van der Waals surface area contributed by atoms with Gasteiger partial charge in [-0.3, -0.25) is 9.78 Å². The Bertz CT molecular complexity index is 550. The number of carbonyl (C=O) groups excluding carboxylic acids is 1. The maximum absolute atomic E-state index is 12.1. The smallest absolute Gasteiger partial charge is 0.167 e. The van der Waals surface area contributed by atoms with Crippen molar-refractivity contribution in [3.05, 3.63) is 65.5 Å². The van der Waals surface area contributed by atoms with E-state index in [-0.39, 0.29) is 11.2 Å². The Kier molecular flexibility index (Phi) is 3.79. The maximum Gasteiger partial charge on any atom is 0.167 e. The predicted octanol–water partition coefficient (Wildman–Crippen LogP) is 3.80. The molecular formula is C17H19NO. The van der Waals surface area contributed by atoms with E-state index in [0.717, 1.165) is 11.1 Å². The normalized spacial score (nSPS) is 11.3. The van der Waals surface area contributed by atoms with Crippen LogP contribution in [-0.4, -0.2) is 10.8 Å². The minimum absolute atomic E-state index is 0.116. The van der Waals surface area contributed by atoms with Crippen molar-refractivity contribution in [2.45, 2.75) is 32.6 Å². The third-order valence-electron chi connectivity index (χ3n) is 3.16. The Labute approximate surface area is 114 Å². The summed E-state index contributed by atoms with van der Waals surface area (Å²) in [4.78, 5) is 16.2. The highest BCUT2D eigenvalue weighted by atomic mass is 16.1. The lowest BCUT2D eigenvalue weighted by Gasteiger charge is -2.18. The SMILES string of the molecule is CC(C)(C)c1ccc(C(=O)Cc2cccnc2)cc1. The summed E-state index contributed by atoms with van der Waals surface area (Å²) < 4.78 is 0. The number of hydrogen-bond acceptors (Lipinski definition) is 2. The first-order valence-corrected chi connectivity index (χ1v) is 6.49. The van der Waals surface area contributed by atoms with Gasteiger partial charge in [-0.2, -0.15) is 0 Å². The highest BCUT2D eigenvalue weighted by Crippen LogP contribution is 2.22. The van der Waals surface area contributed by atoms with Gasteiger partial charge in [0, 0.05) is 24.4 Å². The third-order valence-corrected chi connectivity index (χ3v) is 3.16. The molecule has 0 bridgehead atoms. The number of pyridine rings is 1. The van der Waals surface area contributed by atoms with E-state index in [2.05, 4.69) is 25.8 Å². The molecule has 0 unspecified atom stereocenters. The second-order valence-electron chi connectivity index (χ2n) is 5.79. The van der Waals surface area contributed by atoms with Crippen LogP contribution in [0.4, 0.5) is 0 Å². The molecule has 2 nitrogen and oxygen atoms in total. The number of nitrogens with zero attached hydrogens (tertiary/aromatic N) is 1. The lowest BCUT2D eigenvalue weighted by molar-refractivity contribution is 0.0993. The van der Waals surface area contributed by atoms with Crippen molar-refractivity contribution in [3.63, 3.8) is 0 Å². The van der Waals surface area contributed by atoms with Crippen molar-refractivity contribution < 1.29 is 4.79 Å². The van der Waals surface area contributed by atoms with Crippen LogP contribution in [0.25, 0.3) is 0 Å². The molecule has 0 N–H and O–H groups in total. The van der Waals surface area contributed by atoms with Gasteiger partial charge in [0.05, 0.1) is 0 Å². The van der Waals surface area contributed by atoms with E-state index < -0.39 is 0 Å². The van der Waals surface area contributed by atoms with Gasteiger partial charge in [-0.05, 0) is 22.6 Å². The van der Waals surface area contributed by atoms with E-state index in [0.29, 0.717) is 6.42 Å². The topological polar surface area (TPSA) is 30.0 Å². The number of hydrogen-bond donors (Lipinski definition) is 0. The zero-order valence-electron chi connectivity index (χ0n) is 11.7. The standard InChI is InChI=1S/C17H19NO/c1-17(2,3)15-8-6-14(7-9-15)16(19)11-13-5-4-10-18-12-13/h4-10,12H,11H2,1-3H3. The van der Waals surface area contributed by atoms with Gasteiger partial charge in [-0.1, -0.05) is 51.1 Å². The number of benzene rings is 1. The molecule has 0 saturated carbocycles. The number of Topliss-reactive ketones (excluding diaryl/α,β-unsaturated/α-hetero) is 1. The summed E-state index contributed by atoms with van der Waals surface area (Å²) in [5.74, 6) is 0.133. The lowest BCUT2D eigenvalue weighted by Crippen LogP contribution is -2.11. The van der Waals surface area contributed by atoms with Crippen molar-refractivity contribution in [1.82, 2.24) is 4.98 Å². The second-order valence-corrected chi connectivity index (χ2v) is 5.79. The average molecular weight is 253 g/mol. The Morgan fingerprint density at radius 1 is 1.11 bits per heavy atom. The Hall–Kier alpha value is -1.96. The molecule has 0 amide bonds. The monoisotopic (exact) mass is 253 g/mol. The van der Waals surface area contributed by atoms with Crippen molar-refractivity contribution in [2.75, 3.05) is 0 Å². The van der Waals surface area contributed by atoms with Crippen LogP contribution >= 0.6 is 0 Å². The Balaban J connectivity index is 2.12. The van der Waals surface area contributed by atoms with E-state index in [1.54, 1.807) is 12.4 Å². The quantitative estimate of drug-likeness (QED) is 0.779. The number of ketones is 1. The van der Waals surface area contributed by atoms with Crippen LogP contribution in [0.2, 0.25) is 0 Å². The molecule has 19 heavy (non-hydrogen) atoms. The van der Waals surface area contributed by atoms with Crippen LogP contribution in [-0.2, 0) is 11.8 Å². The van der Waals surface area contributed by atoms with E-state index in [9.17, 15) is 4.79 Å². The fourth-order valence-corrected chi connectivity index (χ4v) is 1.95. The summed E-state index contributed by atoms with van der Waals surface area (Å²) in [7, 11) is 0. The van der Waals surface area contributed by atoms with Gasteiger partial charge in [0.15, 0.2) is 5.78 Å². The summed E-state index contributed by atoms with van der Waals surface area (Å²) in [5, 5.41) is 0. The molecule has 0 aliphatic rings. The van der Waals surface area contributed by atoms with E-state index >= 15 is 0 Å². The summed E-state index contributed by atoms with van der Waals surface area (Å²) in [5.41, 5.74) is 3.07. The van der Waals surface area contributed by atoms with E-state index in [1.807, 2.05) is 36.4 Å². The second kappa shape index (κ2) is 5.35. The van der Waals surface area contributed by atoms with Crippen molar-refractivity contribution in [1.29, 1.82) is 0 Å². The molecule has 2 rings (SSSR count). The molecule has 0 spiro atoms. The number of rotatable bonds is 3. The number of carbonyl (C=O) groups is 1. The average Bonchev–Trinajstić information content (AvgIpc) is 2.39. The Morgan fingerprint density at radius 2 is 1.79 bits per heavy atom. The Morgan fingerprint density at radius 3 is 2.32 bits per heavy atom. The molecule has 0 aliphatic carbocycles. The molecule has 0 radical (unpaired) electrons. The molecule has 0 fully saturated rings. The van der Waals surface area contributed by atoms with Crippen molar-refractivity contribution in [2.24, 2.45) is 0 Å². The van der Waals surface area contributed by atoms with Gasteiger partial charge < -0.3 is 0 Å². The molecule has 1 aromatic heterocycles. The van der Waals surface area contributed by atoms with Gasteiger partial charge in [-0.25, -0.2) is 0 Å².